The van der Waals surface area contributed by atoms with Crippen molar-refractivity contribution in [2.24, 2.45) is 4.99 Å². The van der Waals surface area contributed by atoms with Gasteiger partial charge in [-0.3, -0.25) is 9.69 Å². The summed E-state index contributed by atoms with van der Waals surface area (Å²) in [7, 11) is 0. The van der Waals surface area contributed by atoms with Crippen LogP contribution in [-0.2, 0) is 4.79 Å². The highest BCUT2D eigenvalue weighted by atomic mass is 79.9. The van der Waals surface area contributed by atoms with Crippen LogP contribution in [0.2, 0.25) is 0 Å². The van der Waals surface area contributed by atoms with Gasteiger partial charge in [-0.1, -0.05) is 61.2 Å². The maximum absolute atomic E-state index is 13.6. The van der Waals surface area contributed by atoms with Crippen LogP contribution in [0.5, 0.6) is 11.5 Å². The Labute approximate surface area is 228 Å². The van der Waals surface area contributed by atoms with Crippen molar-refractivity contribution in [2.45, 2.75) is 46.0 Å². The number of unbranched alkanes of at least 4 members (excludes halogenated alkanes) is 3. The van der Waals surface area contributed by atoms with E-state index in [-0.39, 0.29) is 5.91 Å². The lowest BCUT2D eigenvalue weighted by atomic mass is 10.1. The van der Waals surface area contributed by atoms with Crippen molar-refractivity contribution in [3.8, 4) is 11.5 Å². The minimum Gasteiger partial charge on any atom is -0.494 e. The summed E-state index contributed by atoms with van der Waals surface area (Å²) in [4.78, 5) is 20.1. The molecule has 192 valence electrons. The lowest BCUT2D eigenvalue weighted by Crippen LogP contribution is -2.32. The number of halogens is 1. The van der Waals surface area contributed by atoms with Gasteiger partial charge >= 0.3 is 0 Å². The van der Waals surface area contributed by atoms with Crippen molar-refractivity contribution < 1.29 is 14.3 Å². The van der Waals surface area contributed by atoms with Gasteiger partial charge in [0.05, 0.1) is 18.9 Å². The normalized spacial score (nSPS) is 14.2. The van der Waals surface area contributed by atoms with E-state index in [2.05, 4.69) is 29.8 Å². The standard InChI is InChI=1S/C31H33BrN2O3/c1-3-5-7-21-37-28-18-14-26(15-19-28)34-30(24-10-16-27(17-11-24)36-20-6-4-2)33-29(31(34)35)22-23-8-12-25(32)13-9-23/h8-19,22H,3-7,20-21H2,1-2H3/b29-22-. The van der Waals surface area contributed by atoms with Gasteiger partial charge in [0.15, 0.2) is 0 Å². The molecule has 0 unspecified atom stereocenters. The molecule has 1 aliphatic rings. The summed E-state index contributed by atoms with van der Waals surface area (Å²) < 4.78 is 12.7. The second kappa shape index (κ2) is 13.2. The van der Waals surface area contributed by atoms with E-state index in [1.165, 1.54) is 0 Å². The molecule has 3 aromatic rings. The molecule has 1 amide bonds. The number of carbonyl (C=O) groups excluding carboxylic acids is 1. The third-order valence-electron chi connectivity index (χ3n) is 6.02. The highest BCUT2D eigenvalue weighted by molar-refractivity contribution is 9.10. The van der Waals surface area contributed by atoms with Gasteiger partial charge in [0.1, 0.15) is 23.0 Å². The van der Waals surface area contributed by atoms with E-state index in [0.29, 0.717) is 24.7 Å². The zero-order valence-corrected chi connectivity index (χ0v) is 23.0. The van der Waals surface area contributed by atoms with E-state index in [1.807, 2.05) is 78.9 Å². The van der Waals surface area contributed by atoms with Crippen LogP contribution in [0.15, 0.2) is 88.0 Å². The zero-order valence-electron chi connectivity index (χ0n) is 21.5. The Kier molecular flexibility index (Phi) is 9.55. The van der Waals surface area contributed by atoms with Crippen molar-refractivity contribution >= 4 is 39.4 Å². The van der Waals surface area contributed by atoms with E-state index in [0.717, 1.165) is 64.9 Å². The average Bonchev–Trinajstić information content (AvgIpc) is 3.24. The van der Waals surface area contributed by atoms with Gasteiger partial charge in [-0.25, -0.2) is 4.99 Å². The first kappa shape index (κ1) is 26.7. The third kappa shape index (κ3) is 7.10. The summed E-state index contributed by atoms with van der Waals surface area (Å²) in [6.45, 7) is 5.69. The molecule has 0 saturated heterocycles. The first-order valence-corrected chi connectivity index (χ1v) is 13.7. The molecule has 0 aliphatic carbocycles. The van der Waals surface area contributed by atoms with E-state index >= 15 is 0 Å². The van der Waals surface area contributed by atoms with E-state index in [4.69, 9.17) is 14.5 Å². The molecular weight excluding hydrogens is 528 g/mol. The van der Waals surface area contributed by atoms with Gasteiger partial charge in [0.2, 0.25) is 0 Å². The van der Waals surface area contributed by atoms with Gasteiger partial charge in [0, 0.05) is 10.0 Å². The summed E-state index contributed by atoms with van der Waals surface area (Å²) >= 11 is 3.46. The van der Waals surface area contributed by atoms with Crippen LogP contribution in [0.1, 0.15) is 57.1 Å². The van der Waals surface area contributed by atoms with E-state index in [1.54, 1.807) is 4.90 Å². The predicted octanol–water partition coefficient (Wildman–Crippen LogP) is 8.03. The molecule has 0 fully saturated rings. The Morgan fingerprint density at radius 2 is 1.38 bits per heavy atom. The number of amides is 1. The molecule has 37 heavy (non-hydrogen) atoms. The van der Waals surface area contributed by atoms with Crippen molar-refractivity contribution in [1.29, 1.82) is 0 Å². The van der Waals surface area contributed by atoms with Gasteiger partial charge in [-0.05, 0) is 85.1 Å². The first-order chi connectivity index (χ1) is 18.1. The van der Waals surface area contributed by atoms with Crippen LogP contribution < -0.4 is 14.4 Å². The van der Waals surface area contributed by atoms with Crippen LogP contribution in [0.25, 0.3) is 6.08 Å². The highest BCUT2D eigenvalue weighted by Gasteiger charge is 2.32. The lowest BCUT2D eigenvalue weighted by Gasteiger charge is -2.19. The number of nitrogens with zero attached hydrogens (tertiary/aromatic N) is 2. The van der Waals surface area contributed by atoms with Crippen LogP contribution in [0.3, 0.4) is 0 Å². The molecule has 1 aliphatic heterocycles. The van der Waals surface area contributed by atoms with Gasteiger partial charge in [0.25, 0.3) is 5.91 Å². The van der Waals surface area contributed by atoms with Crippen molar-refractivity contribution in [3.63, 3.8) is 0 Å². The number of aliphatic imine (C=N–C) groups is 1. The first-order valence-electron chi connectivity index (χ1n) is 13.0. The number of ether oxygens (including phenoxy) is 2. The summed E-state index contributed by atoms with van der Waals surface area (Å²) in [6, 6.07) is 23.2. The Morgan fingerprint density at radius 3 is 2.00 bits per heavy atom. The molecule has 0 N–H and O–H groups in total. The molecule has 6 heteroatoms. The van der Waals surface area contributed by atoms with E-state index in [9.17, 15) is 4.79 Å². The van der Waals surface area contributed by atoms with Crippen molar-refractivity contribution in [1.82, 2.24) is 0 Å². The minimum atomic E-state index is -0.169. The molecule has 0 saturated carbocycles. The Morgan fingerprint density at radius 1 is 0.784 bits per heavy atom. The smallest absolute Gasteiger partial charge is 0.282 e. The van der Waals surface area contributed by atoms with Crippen LogP contribution in [-0.4, -0.2) is 25.0 Å². The molecular formula is C31H33BrN2O3. The summed E-state index contributed by atoms with van der Waals surface area (Å²) in [5, 5.41) is 0. The number of rotatable bonds is 12. The monoisotopic (exact) mass is 560 g/mol. The number of hydrogen-bond donors (Lipinski definition) is 0. The second-order valence-corrected chi connectivity index (χ2v) is 9.85. The van der Waals surface area contributed by atoms with E-state index < -0.39 is 0 Å². The van der Waals surface area contributed by atoms with Gasteiger partial charge < -0.3 is 9.47 Å². The zero-order chi connectivity index (χ0) is 26.0. The molecule has 1 heterocycles. The Hall–Kier alpha value is -3.38. The molecule has 4 rings (SSSR count). The SMILES string of the molecule is CCCCCOc1ccc(N2C(=O)/C(=C/c3ccc(Br)cc3)N=C2c2ccc(OCCCC)cc2)cc1. The average molecular weight is 562 g/mol. The Balaban J connectivity index is 1.61. The largest absolute Gasteiger partial charge is 0.494 e. The maximum atomic E-state index is 13.6. The number of amidine groups is 1. The molecule has 0 spiro atoms. The fourth-order valence-corrected chi connectivity index (χ4v) is 4.20. The molecule has 0 bridgehead atoms. The predicted molar refractivity (Wildman–Crippen MR) is 154 cm³/mol. The fraction of sp³-hybridized carbons (Fsp3) is 0.290. The summed E-state index contributed by atoms with van der Waals surface area (Å²) in [6.07, 6.45) is 7.26. The number of carbonyl (C=O) groups is 1. The molecule has 0 radical (unpaired) electrons. The van der Waals surface area contributed by atoms with Crippen molar-refractivity contribution in [3.05, 3.63) is 94.1 Å². The summed E-state index contributed by atoms with van der Waals surface area (Å²) in [5.41, 5.74) is 2.88. The third-order valence-corrected chi connectivity index (χ3v) is 6.55. The molecule has 5 nitrogen and oxygen atoms in total. The van der Waals surface area contributed by atoms with Crippen LogP contribution in [0, 0.1) is 0 Å². The molecule has 3 aromatic carbocycles. The fourth-order valence-electron chi connectivity index (χ4n) is 3.93. The summed E-state index contributed by atoms with van der Waals surface area (Å²) in [5.74, 6) is 2.02. The highest BCUT2D eigenvalue weighted by Crippen LogP contribution is 2.30. The quantitative estimate of drug-likeness (QED) is 0.166. The number of anilines is 1. The topological polar surface area (TPSA) is 51.1 Å². The second-order valence-electron chi connectivity index (χ2n) is 8.93. The minimum absolute atomic E-state index is 0.169. The number of hydrogen-bond acceptors (Lipinski definition) is 4. The lowest BCUT2D eigenvalue weighted by molar-refractivity contribution is -0.113. The Bertz CT molecular complexity index is 1230. The maximum Gasteiger partial charge on any atom is 0.282 e. The molecule has 0 atom stereocenters. The van der Waals surface area contributed by atoms with Gasteiger partial charge in [-0.2, -0.15) is 0 Å². The van der Waals surface area contributed by atoms with Crippen LogP contribution in [0.4, 0.5) is 5.69 Å². The van der Waals surface area contributed by atoms with Crippen LogP contribution >= 0.6 is 15.9 Å². The number of benzene rings is 3. The molecule has 0 aromatic heterocycles. The van der Waals surface area contributed by atoms with Crippen molar-refractivity contribution in [2.75, 3.05) is 18.1 Å². The van der Waals surface area contributed by atoms with Gasteiger partial charge in [-0.15, -0.1) is 0 Å².